The molecule has 0 bridgehead atoms. The van der Waals surface area contributed by atoms with Gasteiger partial charge in [0.05, 0.1) is 18.5 Å². The molecule has 0 spiro atoms. The molecule has 15 heavy (non-hydrogen) atoms. The zero-order valence-corrected chi connectivity index (χ0v) is 8.10. The van der Waals surface area contributed by atoms with E-state index < -0.39 is 4.92 Å². The topological polar surface area (TPSA) is 81.5 Å². The normalized spacial score (nSPS) is 9.67. The van der Waals surface area contributed by atoms with Gasteiger partial charge in [-0.25, -0.2) is 5.48 Å². The number of nitro groups is 1. The van der Waals surface area contributed by atoms with Crippen LogP contribution in [0.1, 0.15) is 5.56 Å². The second-order valence-electron chi connectivity index (χ2n) is 2.83. The van der Waals surface area contributed by atoms with Crippen molar-refractivity contribution in [3.63, 3.8) is 0 Å². The molecule has 0 aliphatic rings. The Labute approximate surface area is 86.0 Å². The summed E-state index contributed by atoms with van der Waals surface area (Å²) in [7, 11) is 1.34. The van der Waals surface area contributed by atoms with Crippen molar-refractivity contribution in [3.8, 4) is 0 Å². The summed E-state index contributed by atoms with van der Waals surface area (Å²) in [6, 6.07) is 5.78. The standard InChI is InChI=1S/C9H10N2O4/c1-15-10-9(12)6-7-2-4-8(5-3-7)11(13)14/h2-5H,6H2,1H3,(H,10,12). The van der Waals surface area contributed by atoms with E-state index in [9.17, 15) is 14.9 Å². The van der Waals surface area contributed by atoms with Crippen LogP contribution in [0.4, 0.5) is 5.69 Å². The molecule has 1 aromatic rings. The maximum Gasteiger partial charge on any atom is 0.269 e. The first-order chi connectivity index (χ1) is 7.13. The number of rotatable bonds is 4. The average molecular weight is 210 g/mol. The minimum atomic E-state index is -0.487. The Kier molecular flexibility index (Phi) is 3.75. The van der Waals surface area contributed by atoms with E-state index in [1.54, 1.807) is 0 Å². The fourth-order valence-corrected chi connectivity index (χ4v) is 1.07. The highest BCUT2D eigenvalue weighted by atomic mass is 16.6. The fraction of sp³-hybridized carbons (Fsp3) is 0.222. The van der Waals surface area contributed by atoms with E-state index in [-0.39, 0.29) is 18.0 Å². The number of amides is 1. The van der Waals surface area contributed by atoms with Crippen molar-refractivity contribution in [3.05, 3.63) is 39.9 Å². The van der Waals surface area contributed by atoms with Gasteiger partial charge in [0, 0.05) is 12.1 Å². The Balaban J connectivity index is 2.64. The molecule has 80 valence electrons. The Bertz CT molecular complexity index is 361. The van der Waals surface area contributed by atoms with Gasteiger partial charge in [-0.3, -0.25) is 19.7 Å². The monoisotopic (exact) mass is 210 g/mol. The first-order valence-corrected chi connectivity index (χ1v) is 4.18. The van der Waals surface area contributed by atoms with Crippen LogP contribution >= 0.6 is 0 Å². The Morgan fingerprint density at radius 1 is 1.47 bits per heavy atom. The summed E-state index contributed by atoms with van der Waals surface area (Å²) in [5.41, 5.74) is 2.85. The number of nitro benzene ring substituents is 1. The van der Waals surface area contributed by atoms with E-state index in [0.29, 0.717) is 5.56 Å². The van der Waals surface area contributed by atoms with Crippen LogP contribution in [0.5, 0.6) is 0 Å². The van der Waals surface area contributed by atoms with Crippen LogP contribution in [-0.4, -0.2) is 17.9 Å². The van der Waals surface area contributed by atoms with E-state index in [2.05, 4.69) is 10.3 Å². The molecular formula is C9H10N2O4. The molecule has 6 heteroatoms. The second-order valence-corrected chi connectivity index (χ2v) is 2.83. The lowest BCUT2D eigenvalue weighted by Crippen LogP contribution is -2.23. The smallest absolute Gasteiger partial charge is 0.269 e. The first-order valence-electron chi connectivity index (χ1n) is 4.18. The van der Waals surface area contributed by atoms with E-state index in [1.165, 1.54) is 31.4 Å². The molecule has 1 amide bonds. The molecule has 0 aliphatic heterocycles. The molecule has 1 rings (SSSR count). The van der Waals surface area contributed by atoms with Gasteiger partial charge in [-0.05, 0) is 5.56 Å². The van der Waals surface area contributed by atoms with Crippen molar-refractivity contribution in [1.29, 1.82) is 0 Å². The minimum Gasteiger partial charge on any atom is -0.277 e. The van der Waals surface area contributed by atoms with E-state index in [4.69, 9.17) is 0 Å². The van der Waals surface area contributed by atoms with E-state index in [1.807, 2.05) is 0 Å². The SMILES string of the molecule is CONC(=O)Cc1ccc([N+](=O)[O-])cc1. The number of non-ortho nitro benzene ring substituents is 1. The molecule has 6 nitrogen and oxygen atoms in total. The molecule has 0 fully saturated rings. The Morgan fingerprint density at radius 2 is 2.07 bits per heavy atom. The molecule has 0 atom stereocenters. The van der Waals surface area contributed by atoms with Crippen LogP contribution in [0.25, 0.3) is 0 Å². The van der Waals surface area contributed by atoms with E-state index >= 15 is 0 Å². The van der Waals surface area contributed by atoms with Gasteiger partial charge in [0.1, 0.15) is 0 Å². The molecule has 0 heterocycles. The number of hydrogen-bond acceptors (Lipinski definition) is 4. The maximum atomic E-state index is 11.1. The second kappa shape index (κ2) is 5.06. The molecule has 0 saturated carbocycles. The summed E-state index contributed by atoms with van der Waals surface area (Å²) in [5.74, 6) is -0.300. The lowest BCUT2D eigenvalue weighted by Gasteiger charge is -2.01. The first kappa shape index (κ1) is 11.1. The van der Waals surface area contributed by atoms with Crippen molar-refractivity contribution < 1.29 is 14.6 Å². The highest BCUT2D eigenvalue weighted by Crippen LogP contribution is 2.11. The highest BCUT2D eigenvalue weighted by molar-refractivity contribution is 5.77. The number of carbonyl (C=O) groups excluding carboxylic acids is 1. The number of carbonyl (C=O) groups is 1. The number of benzene rings is 1. The number of hydroxylamine groups is 1. The molecular weight excluding hydrogens is 200 g/mol. The zero-order chi connectivity index (χ0) is 11.3. The summed E-state index contributed by atoms with van der Waals surface area (Å²) >= 11 is 0. The van der Waals surface area contributed by atoms with Gasteiger partial charge in [0.2, 0.25) is 5.91 Å². The fourth-order valence-electron chi connectivity index (χ4n) is 1.07. The lowest BCUT2D eigenvalue weighted by atomic mass is 10.1. The van der Waals surface area contributed by atoms with Gasteiger partial charge < -0.3 is 0 Å². The van der Waals surface area contributed by atoms with Gasteiger partial charge in [-0.15, -0.1) is 0 Å². The van der Waals surface area contributed by atoms with Crippen LogP contribution in [0.15, 0.2) is 24.3 Å². The maximum absolute atomic E-state index is 11.1. The van der Waals surface area contributed by atoms with Gasteiger partial charge >= 0.3 is 0 Å². The quantitative estimate of drug-likeness (QED) is 0.589. The van der Waals surface area contributed by atoms with Gasteiger partial charge in [0.15, 0.2) is 0 Å². The van der Waals surface area contributed by atoms with Gasteiger partial charge in [0.25, 0.3) is 5.69 Å². The zero-order valence-electron chi connectivity index (χ0n) is 8.10. The van der Waals surface area contributed by atoms with Crippen molar-refractivity contribution in [1.82, 2.24) is 5.48 Å². The molecule has 1 N–H and O–H groups in total. The van der Waals surface area contributed by atoms with Crippen LogP contribution in [0.2, 0.25) is 0 Å². The van der Waals surface area contributed by atoms with Crippen molar-refractivity contribution in [2.24, 2.45) is 0 Å². The summed E-state index contributed by atoms with van der Waals surface area (Å²) in [6.07, 6.45) is 0.131. The highest BCUT2D eigenvalue weighted by Gasteiger charge is 2.06. The van der Waals surface area contributed by atoms with Crippen LogP contribution in [0.3, 0.4) is 0 Å². The average Bonchev–Trinajstić information content (AvgIpc) is 2.18. The van der Waals surface area contributed by atoms with Crippen molar-refractivity contribution in [2.75, 3.05) is 7.11 Å². The summed E-state index contributed by atoms with van der Waals surface area (Å²) < 4.78 is 0. The Hall–Kier alpha value is -1.95. The summed E-state index contributed by atoms with van der Waals surface area (Å²) in [4.78, 5) is 25.3. The number of hydrogen-bond donors (Lipinski definition) is 1. The molecule has 0 saturated heterocycles. The van der Waals surface area contributed by atoms with Crippen LogP contribution in [0, 0.1) is 10.1 Å². The van der Waals surface area contributed by atoms with Crippen LogP contribution < -0.4 is 5.48 Å². The van der Waals surface area contributed by atoms with E-state index in [0.717, 1.165) is 0 Å². The summed E-state index contributed by atoms with van der Waals surface area (Å²) in [5, 5.41) is 10.3. The third kappa shape index (κ3) is 3.35. The molecule has 0 aromatic heterocycles. The third-order valence-corrected chi connectivity index (χ3v) is 1.73. The minimum absolute atomic E-state index is 0.00546. The van der Waals surface area contributed by atoms with Crippen LogP contribution in [-0.2, 0) is 16.1 Å². The number of nitrogens with zero attached hydrogens (tertiary/aromatic N) is 1. The summed E-state index contributed by atoms with van der Waals surface area (Å²) in [6.45, 7) is 0. The molecule has 0 unspecified atom stereocenters. The number of nitrogens with one attached hydrogen (secondary N) is 1. The van der Waals surface area contributed by atoms with Gasteiger partial charge in [-0.1, -0.05) is 12.1 Å². The lowest BCUT2D eigenvalue weighted by molar-refractivity contribution is -0.384. The van der Waals surface area contributed by atoms with Gasteiger partial charge in [-0.2, -0.15) is 0 Å². The molecule has 1 aromatic carbocycles. The van der Waals surface area contributed by atoms with Crippen molar-refractivity contribution >= 4 is 11.6 Å². The predicted octanol–water partition coefficient (Wildman–Crippen LogP) is 0.815. The van der Waals surface area contributed by atoms with Crippen molar-refractivity contribution in [2.45, 2.75) is 6.42 Å². The molecule has 0 radical (unpaired) electrons. The largest absolute Gasteiger partial charge is 0.277 e. The predicted molar refractivity (Wildman–Crippen MR) is 52.0 cm³/mol. The Morgan fingerprint density at radius 3 is 2.53 bits per heavy atom. The molecule has 0 aliphatic carbocycles. The third-order valence-electron chi connectivity index (χ3n) is 1.73.